The molecular formula is C19H20N4O3S. The summed E-state index contributed by atoms with van der Waals surface area (Å²) < 4.78 is 10.4. The fraction of sp³-hybridized carbons (Fsp3) is 0.211. The highest BCUT2D eigenvalue weighted by Gasteiger charge is 2.11. The molecule has 3 rings (SSSR count). The first-order valence-corrected chi connectivity index (χ1v) is 9.16. The summed E-state index contributed by atoms with van der Waals surface area (Å²) in [6, 6.07) is 12.0. The highest BCUT2D eigenvalue weighted by atomic mass is 32.1. The molecule has 0 radical (unpaired) electrons. The molecule has 0 spiro atoms. The Balaban J connectivity index is 1.74. The van der Waals surface area contributed by atoms with E-state index in [1.807, 2.05) is 41.8 Å². The monoisotopic (exact) mass is 384 g/mol. The molecule has 0 fully saturated rings. The van der Waals surface area contributed by atoms with Crippen LogP contribution in [0.4, 0.5) is 5.82 Å². The van der Waals surface area contributed by atoms with E-state index in [2.05, 4.69) is 20.4 Å². The minimum absolute atomic E-state index is 0.275. The van der Waals surface area contributed by atoms with Gasteiger partial charge in [0.2, 0.25) is 0 Å². The number of hydrogen-bond acceptors (Lipinski definition) is 8. The van der Waals surface area contributed by atoms with Crippen LogP contribution in [0.2, 0.25) is 0 Å². The quantitative estimate of drug-likeness (QED) is 0.350. The lowest BCUT2D eigenvalue weighted by molar-refractivity contribution is 0.322. The Kier molecular flexibility index (Phi) is 6.22. The van der Waals surface area contributed by atoms with E-state index in [9.17, 15) is 0 Å². The van der Waals surface area contributed by atoms with Gasteiger partial charge in [0.1, 0.15) is 11.6 Å². The van der Waals surface area contributed by atoms with Crippen molar-refractivity contribution < 1.29 is 14.7 Å². The van der Waals surface area contributed by atoms with E-state index in [0.29, 0.717) is 18.1 Å². The Labute approximate surface area is 161 Å². The van der Waals surface area contributed by atoms with Crippen molar-refractivity contribution in [3.8, 4) is 23.0 Å². The number of nitrogens with zero attached hydrogens (tertiary/aromatic N) is 3. The van der Waals surface area contributed by atoms with Gasteiger partial charge in [0.15, 0.2) is 0 Å². The van der Waals surface area contributed by atoms with Crippen LogP contribution in [0.25, 0.3) is 11.3 Å². The third-order valence-corrected chi connectivity index (χ3v) is 4.76. The molecule has 0 unspecified atom stereocenters. The Morgan fingerprint density at radius 2 is 1.96 bits per heavy atom. The molecule has 0 aliphatic rings. The third kappa shape index (κ3) is 4.73. The Hall–Kier alpha value is -3.13. The van der Waals surface area contributed by atoms with Crippen LogP contribution in [0, 0.1) is 0 Å². The molecule has 0 bridgehead atoms. The maximum Gasteiger partial charge on any atom is 0.318 e. The fourth-order valence-corrected chi connectivity index (χ4v) is 3.32. The number of benzene rings is 1. The van der Waals surface area contributed by atoms with Gasteiger partial charge < -0.3 is 20.0 Å². The molecule has 0 saturated heterocycles. The SMILES string of the molecule is COc1ccc(CCNc2cc(-c3ccsc3/C=N\O)nc(OC)n2)cc1. The summed E-state index contributed by atoms with van der Waals surface area (Å²) in [5.74, 6) is 1.51. The molecule has 0 atom stereocenters. The van der Waals surface area contributed by atoms with Gasteiger partial charge in [-0.2, -0.15) is 9.97 Å². The minimum Gasteiger partial charge on any atom is -0.497 e. The lowest BCUT2D eigenvalue weighted by Crippen LogP contribution is -2.08. The number of methoxy groups -OCH3 is 2. The van der Waals surface area contributed by atoms with Crippen LogP contribution >= 0.6 is 11.3 Å². The van der Waals surface area contributed by atoms with Crippen LogP contribution in [0.15, 0.2) is 46.9 Å². The fourth-order valence-electron chi connectivity index (χ4n) is 2.56. The lowest BCUT2D eigenvalue weighted by atomic mass is 10.1. The van der Waals surface area contributed by atoms with Crippen molar-refractivity contribution in [1.29, 1.82) is 0 Å². The van der Waals surface area contributed by atoms with Gasteiger partial charge in [-0.3, -0.25) is 0 Å². The average Bonchev–Trinajstić information content (AvgIpc) is 3.17. The lowest BCUT2D eigenvalue weighted by Gasteiger charge is -2.10. The summed E-state index contributed by atoms with van der Waals surface area (Å²) in [6.45, 7) is 0.709. The van der Waals surface area contributed by atoms with Crippen molar-refractivity contribution in [1.82, 2.24) is 9.97 Å². The highest BCUT2D eigenvalue weighted by molar-refractivity contribution is 7.12. The van der Waals surface area contributed by atoms with Gasteiger partial charge in [0.25, 0.3) is 0 Å². The number of rotatable bonds is 8. The van der Waals surface area contributed by atoms with Gasteiger partial charge in [-0.05, 0) is 35.6 Å². The van der Waals surface area contributed by atoms with Crippen molar-refractivity contribution in [2.75, 3.05) is 26.1 Å². The summed E-state index contributed by atoms with van der Waals surface area (Å²) in [5, 5.41) is 17.2. The average molecular weight is 384 g/mol. The van der Waals surface area contributed by atoms with Gasteiger partial charge >= 0.3 is 6.01 Å². The molecule has 0 saturated carbocycles. The van der Waals surface area contributed by atoms with E-state index in [-0.39, 0.29) is 6.01 Å². The molecule has 0 aliphatic carbocycles. The van der Waals surface area contributed by atoms with Gasteiger partial charge in [0.05, 0.1) is 31.0 Å². The van der Waals surface area contributed by atoms with E-state index in [4.69, 9.17) is 14.7 Å². The van der Waals surface area contributed by atoms with Gasteiger partial charge in [-0.1, -0.05) is 17.3 Å². The normalized spacial score (nSPS) is 10.9. The number of ether oxygens (including phenoxy) is 2. The molecule has 0 amide bonds. The predicted octanol–water partition coefficient (Wildman–Crippen LogP) is 3.69. The molecular weight excluding hydrogens is 364 g/mol. The van der Waals surface area contributed by atoms with Crippen LogP contribution in [-0.4, -0.2) is 42.2 Å². The molecule has 2 aromatic heterocycles. The zero-order chi connectivity index (χ0) is 19.1. The van der Waals surface area contributed by atoms with E-state index >= 15 is 0 Å². The molecule has 3 aromatic rings. The van der Waals surface area contributed by atoms with Crippen LogP contribution in [0.1, 0.15) is 10.4 Å². The van der Waals surface area contributed by atoms with Crippen LogP contribution in [-0.2, 0) is 6.42 Å². The van der Waals surface area contributed by atoms with E-state index in [1.165, 1.54) is 30.2 Å². The Morgan fingerprint density at radius 3 is 2.67 bits per heavy atom. The van der Waals surface area contributed by atoms with Crippen molar-refractivity contribution in [3.05, 3.63) is 52.2 Å². The number of thiophene rings is 1. The summed E-state index contributed by atoms with van der Waals surface area (Å²) in [7, 11) is 3.19. The molecule has 7 nitrogen and oxygen atoms in total. The highest BCUT2D eigenvalue weighted by Crippen LogP contribution is 2.28. The molecule has 2 N–H and O–H groups in total. The standard InChI is InChI=1S/C19H20N4O3S/c1-25-14-5-3-13(4-6-14)7-9-20-18-11-16(22-19(23-18)26-2)15-8-10-27-17(15)12-21-24/h3-6,8,10-12,24H,7,9H2,1-2H3,(H,20,22,23)/b21-12-. The summed E-state index contributed by atoms with van der Waals surface area (Å²) >= 11 is 1.47. The molecule has 8 heteroatoms. The molecule has 2 heterocycles. The first-order chi connectivity index (χ1) is 13.2. The summed E-state index contributed by atoms with van der Waals surface area (Å²) in [5.41, 5.74) is 2.76. The molecule has 0 aliphatic heterocycles. The molecule has 1 aromatic carbocycles. The topological polar surface area (TPSA) is 88.9 Å². The largest absolute Gasteiger partial charge is 0.497 e. The zero-order valence-electron chi connectivity index (χ0n) is 15.0. The van der Waals surface area contributed by atoms with E-state index in [0.717, 1.165) is 22.6 Å². The van der Waals surface area contributed by atoms with Gasteiger partial charge in [-0.15, -0.1) is 11.3 Å². The van der Waals surface area contributed by atoms with Crippen LogP contribution in [0.3, 0.4) is 0 Å². The van der Waals surface area contributed by atoms with Crippen molar-refractivity contribution in [3.63, 3.8) is 0 Å². The van der Waals surface area contributed by atoms with Crippen molar-refractivity contribution >= 4 is 23.4 Å². The number of nitrogens with one attached hydrogen (secondary N) is 1. The van der Waals surface area contributed by atoms with E-state index in [1.54, 1.807) is 7.11 Å². The Bertz CT molecular complexity index is 910. The number of aromatic nitrogens is 2. The number of hydrogen-bond donors (Lipinski definition) is 2. The third-order valence-electron chi connectivity index (χ3n) is 3.91. The molecule has 140 valence electrons. The zero-order valence-corrected chi connectivity index (χ0v) is 15.9. The summed E-state index contributed by atoms with van der Waals surface area (Å²) in [4.78, 5) is 9.56. The van der Waals surface area contributed by atoms with Crippen molar-refractivity contribution in [2.45, 2.75) is 6.42 Å². The second kappa shape index (κ2) is 9.00. The summed E-state index contributed by atoms with van der Waals surface area (Å²) in [6.07, 6.45) is 2.23. The van der Waals surface area contributed by atoms with Crippen molar-refractivity contribution in [2.24, 2.45) is 5.16 Å². The predicted molar refractivity (Wildman–Crippen MR) is 106 cm³/mol. The first-order valence-electron chi connectivity index (χ1n) is 8.28. The second-order valence-corrected chi connectivity index (χ2v) is 6.54. The molecule has 27 heavy (non-hydrogen) atoms. The first kappa shape index (κ1) is 18.7. The Morgan fingerprint density at radius 1 is 1.15 bits per heavy atom. The van der Waals surface area contributed by atoms with E-state index < -0.39 is 0 Å². The smallest absolute Gasteiger partial charge is 0.318 e. The maximum absolute atomic E-state index is 8.82. The minimum atomic E-state index is 0.275. The van der Waals surface area contributed by atoms with Gasteiger partial charge in [-0.25, -0.2) is 0 Å². The number of oxime groups is 1. The van der Waals surface area contributed by atoms with Gasteiger partial charge in [0, 0.05) is 18.2 Å². The number of anilines is 1. The van der Waals surface area contributed by atoms with Crippen LogP contribution < -0.4 is 14.8 Å². The maximum atomic E-state index is 8.82. The van der Waals surface area contributed by atoms with Crippen LogP contribution in [0.5, 0.6) is 11.8 Å². The second-order valence-electron chi connectivity index (χ2n) is 5.59.